The van der Waals surface area contributed by atoms with E-state index in [0.29, 0.717) is 6.54 Å². The maximum Gasteiger partial charge on any atom is 0.0644 e. The summed E-state index contributed by atoms with van der Waals surface area (Å²) in [5, 5.41) is 26.1. The van der Waals surface area contributed by atoms with Crippen LogP contribution in [0.1, 0.15) is 43.6 Å². The minimum Gasteiger partial charge on any atom is -0.396 e. The molecule has 0 saturated heterocycles. The molecule has 1 heterocycles. The van der Waals surface area contributed by atoms with Gasteiger partial charge in [0, 0.05) is 29.9 Å². The number of rotatable bonds is 8. The highest BCUT2D eigenvalue weighted by Gasteiger charge is 2.22. The van der Waals surface area contributed by atoms with Crippen LogP contribution in [0.25, 0.3) is 0 Å². The lowest BCUT2D eigenvalue weighted by Gasteiger charge is -2.29. The van der Waals surface area contributed by atoms with Gasteiger partial charge in [-0.05, 0) is 33.6 Å². The molecule has 1 aromatic rings. The van der Waals surface area contributed by atoms with Crippen LogP contribution in [0.3, 0.4) is 0 Å². The summed E-state index contributed by atoms with van der Waals surface area (Å²) in [5.41, 5.74) is 3.24. The molecule has 0 aliphatic heterocycles. The Morgan fingerprint density at radius 3 is 2.47 bits per heavy atom. The maximum absolute atomic E-state index is 9.13. The first-order chi connectivity index (χ1) is 8.97. The van der Waals surface area contributed by atoms with Crippen LogP contribution in [0.2, 0.25) is 0 Å². The van der Waals surface area contributed by atoms with Crippen molar-refractivity contribution in [1.29, 1.82) is 0 Å². The Bertz CT molecular complexity index is 404. The van der Waals surface area contributed by atoms with E-state index in [1.54, 1.807) is 0 Å². The summed E-state index contributed by atoms with van der Waals surface area (Å²) in [5.74, 6) is 0. The van der Waals surface area contributed by atoms with Gasteiger partial charge in [-0.15, -0.1) is 0 Å². The van der Waals surface area contributed by atoms with Gasteiger partial charge in [-0.3, -0.25) is 4.68 Å². The van der Waals surface area contributed by atoms with Gasteiger partial charge in [-0.1, -0.05) is 6.92 Å². The zero-order valence-electron chi connectivity index (χ0n) is 12.5. The Morgan fingerprint density at radius 1 is 1.26 bits per heavy atom. The molecule has 1 aromatic heterocycles. The SMILES string of the molecule is CCC(C)(CCO)NCc1c(C)nn(CCO)c1C. The number of nitrogens with one attached hydrogen (secondary N) is 1. The Morgan fingerprint density at radius 2 is 1.95 bits per heavy atom. The lowest BCUT2D eigenvalue weighted by atomic mass is 9.94. The van der Waals surface area contributed by atoms with Crippen molar-refractivity contribution in [3.05, 3.63) is 17.0 Å². The van der Waals surface area contributed by atoms with Crippen molar-refractivity contribution in [1.82, 2.24) is 15.1 Å². The minimum atomic E-state index is -0.0489. The summed E-state index contributed by atoms with van der Waals surface area (Å²) in [6.45, 7) is 9.85. The van der Waals surface area contributed by atoms with Gasteiger partial charge in [0.15, 0.2) is 0 Å². The highest BCUT2D eigenvalue weighted by Crippen LogP contribution is 2.18. The van der Waals surface area contributed by atoms with Gasteiger partial charge in [0.05, 0.1) is 18.8 Å². The summed E-state index contributed by atoms with van der Waals surface area (Å²) < 4.78 is 1.85. The topological polar surface area (TPSA) is 70.3 Å². The van der Waals surface area contributed by atoms with Crippen molar-refractivity contribution in [2.75, 3.05) is 13.2 Å². The summed E-state index contributed by atoms with van der Waals surface area (Å²) in [6.07, 6.45) is 1.71. The first-order valence-electron chi connectivity index (χ1n) is 6.97. The predicted molar refractivity (Wildman–Crippen MR) is 76.0 cm³/mol. The van der Waals surface area contributed by atoms with Crippen molar-refractivity contribution in [3.8, 4) is 0 Å². The van der Waals surface area contributed by atoms with Gasteiger partial charge in [-0.25, -0.2) is 0 Å². The number of nitrogens with zero attached hydrogens (tertiary/aromatic N) is 2. The van der Waals surface area contributed by atoms with Crippen LogP contribution < -0.4 is 5.32 Å². The molecule has 110 valence electrons. The third-order valence-electron chi connectivity index (χ3n) is 3.98. The average molecular weight is 269 g/mol. The third kappa shape index (κ3) is 4.03. The zero-order chi connectivity index (χ0) is 14.5. The monoisotopic (exact) mass is 269 g/mol. The number of hydrogen-bond acceptors (Lipinski definition) is 4. The Kier molecular flexibility index (Phi) is 5.97. The second-order valence-corrected chi connectivity index (χ2v) is 5.34. The molecule has 5 nitrogen and oxygen atoms in total. The molecule has 5 heteroatoms. The molecule has 1 atom stereocenters. The quantitative estimate of drug-likeness (QED) is 0.662. The van der Waals surface area contributed by atoms with Crippen LogP contribution in [0.4, 0.5) is 0 Å². The first-order valence-corrected chi connectivity index (χ1v) is 6.97. The van der Waals surface area contributed by atoms with Gasteiger partial charge in [-0.2, -0.15) is 5.10 Å². The van der Waals surface area contributed by atoms with Crippen molar-refractivity contribution in [2.45, 2.75) is 59.2 Å². The molecule has 0 bridgehead atoms. The fourth-order valence-corrected chi connectivity index (χ4v) is 2.24. The molecule has 0 aliphatic carbocycles. The number of aliphatic hydroxyl groups is 2. The molecular weight excluding hydrogens is 242 g/mol. The molecule has 0 spiro atoms. The lowest BCUT2D eigenvalue weighted by molar-refractivity contribution is 0.214. The number of aryl methyl sites for hydroxylation is 1. The molecule has 19 heavy (non-hydrogen) atoms. The van der Waals surface area contributed by atoms with E-state index in [4.69, 9.17) is 10.2 Å². The summed E-state index contributed by atoms with van der Waals surface area (Å²) >= 11 is 0. The molecule has 3 N–H and O–H groups in total. The van der Waals surface area contributed by atoms with Crippen molar-refractivity contribution >= 4 is 0 Å². The lowest BCUT2D eigenvalue weighted by Crippen LogP contribution is -2.42. The molecule has 1 unspecified atom stereocenters. The van der Waals surface area contributed by atoms with E-state index in [9.17, 15) is 0 Å². The standard InChI is InChI=1S/C14H27N3O2/c1-5-14(4,6-8-18)15-10-13-11(2)16-17(7-9-19)12(13)3/h15,18-19H,5-10H2,1-4H3. The van der Waals surface area contributed by atoms with Crippen LogP contribution in [0, 0.1) is 13.8 Å². The molecule has 0 radical (unpaired) electrons. The van der Waals surface area contributed by atoms with Crippen molar-refractivity contribution < 1.29 is 10.2 Å². The molecule has 1 rings (SSSR count). The highest BCUT2D eigenvalue weighted by atomic mass is 16.3. The summed E-state index contributed by atoms with van der Waals surface area (Å²) in [7, 11) is 0. The van der Waals surface area contributed by atoms with E-state index < -0.39 is 0 Å². The van der Waals surface area contributed by atoms with Crippen LogP contribution >= 0.6 is 0 Å². The molecule has 0 aliphatic rings. The van der Waals surface area contributed by atoms with E-state index in [1.165, 1.54) is 5.56 Å². The van der Waals surface area contributed by atoms with E-state index in [0.717, 1.165) is 30.8 Å². The number of aliphatic hydroxyl groups excluding tert-OH is 2. The van der Waals surface area contributed by atoms with Crippen LogP contribution in [-0.2, 0) is 13.1 Å². The average Bonchev–Trinajstić information content (AvgIpc) is 2.63. The smallest absolute Gasteiger partial charge is 0.0644 e. The third-order valence-corrected chi connectivity index (χ3v) is 3.98. The van der Waals surface area contributed by atoms with Gasteiger partial charge in [0.25, 0.3) is 0 Å². The Labute approximate surface area is 115 Å². The Balaban J connectivity index is 2.77. The molecular formula is C14H27N3O2. The van der Waals surface area contributed by atoms with Crippen LogP contribution in [0.5, 0.6) is 0 Å². The summed E-state index contributed by atoms with van der Waals surface area (Å²) in [6, 6.07) is 0. The van der Waals surface area contributed by atoms with Gasteiger partial charge >= 0.3 is 0 Å². The maximum atomic E-state index is 9.13. The second kappa shape index (κ2) is 7.03. The fraction of sp³-hybridized carbons (Fsp3) is 0.786. The largest absolute Gasteiger partial charge is 0.396 e. The molecule has 0 saturated carbocycles. The van der Waals surface area contributed by atoms with Crippen molar-refractivity contribution in [3.63, 3.8) is 0 Å². The summed E-state index contributed by atoms with van der Waals surface area (Å²) in [4.78, 5) is 0. The number of aromatic nitrogens is 2. The van der Waals surface area contributed by atoms with Gasteiger partial charge in [0.2, 0.25) is 0 Å². The fourth-order valence-electron chi connectivity index (χ4n) is 2.24. The van der Waals surface area contributed by atoms with Crippen LogP contribution in [0.15, 0.2) is 0 Å². The highest BCUT2D eigenvalue weighted by molar-refractivity contribution is 5.24. The van der Waals surface area contributed by atoms with Gasteiger partial charge in [0.1, 0.15) is 0 Å². The van der Waals surface area contributed by atoms with Crippen LogP contribution in [-0.4, -0.2) is 38.7 Å². The van der Waals surface area contributed by atoms with Crippen molar-refractivity contribution in [2.24, 2.45) is 0 Å². The van der Waals surface area contributed by atoms with E-state index in [-0.39, 0.29) is 18.8 Å². The molecule has 0 amide bonds. The first kappa shape index (κ1) is 16.1. The van der Waals surface area contributed by atoms with E-state index >= 15 is 0 Å². The van der Waals surface area contributed by atoms with E-state index in [1.807, 2.05) is 18.5 Å². The predicted octanol–water partition coefficient (Wildman–Crippen LogP) is 1.13. The Hall–Kier alpha value is -0.910. The minimum absolute atomic E-state index is 0.0489. The molecule has 0 aromatic carbocycles. The van der Waals surface area contributed by atoms with E-state index in [2.05, 4.69) is 24.3 Å². The van der Waals surface area contributed by atoms with Gasteiger partial charge < -0.3 is 15.5 Å². The number of hydrogen-bond donors (Lipinski definition) is 3. The second-order valence-electron chi connectivity index (χ2n) is 5.34. The molecule has 0 fully saturated rings. The zero-order valence-corrected chi connectivity index (χ0v) is 12.5. The normalized spacial score (nSPS) is 14.6.